The fourth-order valence-corrected chi connectivity index (χ4v) is 4.44. The fraction of sp³-hybridized carbons (Fsp3) is 0.478. The number of imidazole rings is 1. The monoisotopic (exact) mass is 434 g/mol. The van der Waals surface area contributed by atoms with E-state index in [1.54, 1.807) is 7.11 Å². The van der Waals surface area contributed by atoms with Crippen molar-refractivity contribution >= 4 is 17.8 Å². The SMILES string of the molecule is COc1cccc([C@@H](Nc2nc(N3CCCC3)nc(N3CCCC3)n2)c2nccn2C)c1. The van der Waals surface area contributed by atoms with E-state index < -0.39 is 0 Å². The van der Waals surface area contributed by atoms with Crippen LogP contribution in [0.1, 0.15) is 43.1 Å². The quantitative estimate of drug-likeness (QED) is 0.608. The molecule has 1 aromatic carbocycles. The molecule has 9 heteroatoms. The zero-order chi connectivity index (χ0) is 21.9. The third-order valence-electron chi connectivity index (χ3n) is 6.21. The van der Waals surface area contributed by atoms with Crippen LogP contribution < -0.4 is 19.9 Å². The number of nitrogens with one attached hydrogen (secondary N) is 1. The van der Waals surface area contributed by atoms with Crippen molar-refractivity contribution in [2.75, 3.05) is 48.4 Å². The van der Waals surface area contributed by atoms with Crippen LogP contribution in [0.5, 0.6) is 5.75 Å². The van der Waals surface area contributed by atoms with Gasteiger partial charge in [-0.2, -0.15) is 15.0 Å². The van der Waals surface area contributed by atoms with Crippen LogP contribution in [-0.2, 0) is 7.05 Å². The van der Waals surface area contributed by atoms with Crippen LogP contribution in [0, 0.1) is 0 Å². The van der Waals surface area contributed by atoms with E-state index in [1.807, 2.05) is 42.2 Å². The lowest BCUT2D eigenvalue weighted by molar-refractivity contribution is 0.414. The lowest BCUT2D eigenvalue weighted by Gasteiger charge is -2.23. The molecule has 4 heterocycles. The maximum Gasteiger partial charge on any atom is 0.231 e. The summed E-state index contributed by atoms with van der Waals surface area (Å²) in [5, 5.41) is 3.56. The van der Waals surface area contributed by atoms with Gasteiger partial charge in [0.2, 0.25) is 17.8 Å². The molecule has 0 spiro atoms. The Morgan fingerprint density at radius 2 is 1.59 bits per heavy atom. The first-order valence-corrected chi connectivity index (χ1v) is 11.3. The first-order valence-electron chi connectivity index (χ1n) is 11.3. The molecule has 168 valence electrons. The molecule has 0 radical (unpaired) electrons. The van der Waals surface area contributed by atoms with Crippen LogP contribution in [0.4, 0.5) is 17.8 Å². The van der Waals surface area contributed by atoms with E-state index in [2.05, 4.69) is 26.2 Å². The van der Waals surface area contributed by atoms with Crippen molar-refractivity contribution in [3.05, 3.63) is 48.0 Å². The van der Waals surface area contributed by atoms with Gasteiger partial charge in [0, 0.05) is 45.6 Å². The van der Waals surface area contributed by atoms with Crippen LogP contribution in [0.2, 0.25) is 0 Å². The van der Waals surface area contributed by atoms with Crippen LogP contribution >= 0.6 is 0 Å². The highest BCUT2D eigenvalue weighted by Crippen LogP contribution is 2.29. The molecular formula is C23H30N8O. The maximum absolute atomic E-state index is 5.47. The number of aryl methyl sites for hydroxylation is 1. The number of aromatic nitrogens is 5. The fourth-order valence-electron chi connectivity index (χ4n) is 4.44. The summed E-state index contributed by atoms with van der Waals surface area (Å²) >= 11 is 0. The highest BCUT2D eigenvalue weighted by molar-refractivity contribution is 5.48. The van der Waals surface area contributed by atoms with E-state index in [0.717, 1.165) is 55.2 Å². The third kappa shape index (κ3) is 4.19. The van der Waals surface area contributed by atoms with Gasteiger partial charge in [0.15, 0.2) is 0 Å². The molecule has 1 N–H and O–H groups in total. The van der Waals surface area contributed by atoms with Crippen LogP contribution in [0.25, 0.3) is 0 Å². The molecule has 2 aromatic heterocycles. The van der Waals surface area contributed by atoms with E-state index in [9.17, 15) is 0 Å². The minimum atomic E-state index is -0.231. The summed E-state index contributed by atoms with van der Waals surface area (Å²) in [6.07, 6.45) is 8.45. The second-order valence-electron chi connectivity index (χ2n) is 8.40. The first-order chi connectivity index (χ1) is 15.7. The summed E-state index contributed by atoms with van der Waals surface area (Å²) in [6, 6.07) is 7.80. The summed E-state index contributed by atoms with van der Waals surface area (Å²) in [7, 11) is 3.68. The van der Waals surface area contributed by atoms with E-state index in [-0.39, 0.29) is 6.04 Å². The van der Waals surface area contributed by atoms with Crippen LogP contribution in [-0.4, -0.2) is 57.8 Å². The Labute approximate surface area is 188 Å². The number of benzene rings is 1. The van der Waals surface area contributed by atoms with E-state index >= 15 is 0 Å². The molecule has 0 unspecified atom stereocenters. The van der Waals surface area contributed by atoms with Gasteiger partial charge >= 0.3 is 0 Å². The summed E-state index contributed by atoms with van der Waals surface area (Å²) in [6.45, 7) is 3.95. The molecule has 2 aliphatic rings. The van der Waals surface area contributed by atoms with Gasteiger partial charge < -0.3 is 24.4 Å². The summed E-state index contributed by atoms with van der Waals surface area (Å²) in [5.74, 6) is 3.76. The van der Waals surface area contributed by atoms with Crippen molar-refractivity contribution in [2.24, 2.45) is 7.05 Å². The molecule has 2 saturated heterocycles. The molecular weight excluding hydrogens is 404 g/mol. The second-order valence-corrected chi connectivity index (χ2v) is 8.40. The normalized spacial score (nSPS) is 17.1. The number of anilines is 3. The van der Waals surface area contributed by atoms with Gasteiger partial charge in [-0.3, -0.25) is 0 Å². The van der Waals surface area contributed by atoms with Gasteiger partial charge in [0.05, 0.1) is 7.11 Å². The molecule has 5 rings (SSSR count). The first kappa shape index (κ1) is 20.5. The number of hydrogen-bond donors (Lipinski definition) is 1. The van der Waals surface area contributed by atoms with Crippen molar-refractivity contribution < 1.29 is 4.74 Å². The Kier molecular flexibility index (Phi) is 5.79. The van der Waals surface area contributed by atoms with Gasteiger partial charge in [-0.05, 0) is 43.4 Å². The molecule has 3 aromatic rings. The number of ether oxygens (including phenoxy) is 1. The van der Waals surface area contributed by atoms with E-state index in [0.29, 0.717) is 5.95 Å². The molecule has 0 saturated carbocycles. The van der Waals surface area contributed by atoms with E-state index in [4.69, 9.17) is 19.7 Å². The zero-order valence-electron chi connectivity index (χ0n) is 18.7. The highest BCUT2D eigenvalue weighted by atomic mass is 16.5. The Morgan fingerprint density at radius 3 is 2.16 bits per heavy atom. The lowest BCUT2D eigenvalue weighted by atomic mass is 10.1. The Balaban J connectivity index is 1.54. The molecule has 2 fully saturated rings. The van der Waals surface area contributed by atoms with Crippen molar-refractivity contribution in [1.82, 2.24) is 24.5 Å². The molecule has 0 amide bonds. The van der Waals surface area contributed by atoms with Gasteiger partial charge in [0.25, 0.3) is 0 Å². The average Bonchev–Trinajstić information content (AvgIpc) is 3.60. The summed E-state index contributed by atoms with van der Waals surface area (Å²) < 4.78 is 7.48. The largest absolute Gasteiger partial charge is 0.497 e. The predicted molar refractivity (Wildman–Crippen MR) is 124 cm³/mol. The third-order valence-corrected chi connectivity index (χ3v) is 6.21. The minimum absolute atomic E-state index is 0.231. The van der Waals surface area contributed by atoms with E-state index in [1.165, 1.54) is 25.7 Å². The molecule has 0 bridgehead atoms. The molecule has 0 aliphatic carbocycles. The van der Waals surface area contributed by atoms with Crippen molar-refractivity contribution in [3.8, 4) is 5.75 Å². The lowest BCUT2D eigenvalue weighted by Crippen LogP contribution is -2.27. The standard InChI is InChI=1S/C23H30N8O/c1-29-15-10-24-20(29)19(17-8-7-9-18(16-17)32-2)25-21-26-22(30-11-3-4-12-30)28-23(27-21)31-13-5-6-14-31/h7-10,15-16,19H,3-6,11-14H2,1-2H3,(H,25,26,27,28)/t19-/m1/s1. The predicted octanol–water partition coefficient (Wildman–Crippen LogP) is 3.02. The molecule has 32 heavy (non-hydrogen) atoms. The van der Waals surface area contributed by atoms with Crippen molar-refractivity contribution in [1.29, 1.82) is 0 Å². The molecule has 2 aliphatic heterocycles. The van der Waals surface area contributed by atoms with Gasteiger partial charge in [-0.1, -0.05) is 12.1 Å². The summed E-state index contributed by atoms with van der Waals surface area (Å²) in [5.41, 5.74) is 1.03. The maximum atomic E-state index is 5.47. The average molecular weight is 435 g/mol. The van der Waals surface area contributed by atoms with Crippen molar-refractivity contribution in [2.45, 2.75) is 31.7 Å². The van der Waals surface area contributed by atoms with Gasteiger partial charge in [0.1, 0.15) is 17.6 Å². The minimum Gasteiger partial charge on any atom is -0.497 e. The number of nitrogens with zero attached hydrogens (tertiary/aromatic N) is 7. The van der Waals surface area contributed by atoms with Crippen LogP contribution in [0.15, 0.2) is 36.7 Å². The smallest absolute Gasteiger partial charge is 0.231 e. The summed E-state index contributed by atoms with van der Waals surface area (Å²) in [4.78, 5) is 23.6. The molecule has 1 atom stereocenters. The zero-order valence-corrected chi connectivity index (χ0v) is 18.7. The number of hydrogen-bond acceptors (Lipinski definition) is 8. The Morgan fingerprint density at radius 1 is 0.938 bits per heavy atom. The number of methoxy groups -OCH3 is 1. The van der Waals surface area contributed by atoms with Crippen molar-refractivity contribution in [3.63, 3.8) is 0 Å². The molecule has 9 nitrogen and oxygen atoms in total. The Hall–Kier alpha value is -3.36. The number of rotatable bonds is 7. The Bertz CT molecular complexity index is 1020. The van der Waals surface area contributed by atoms with Gasteiger partial charge in [-0.15, -0.1) is 0 Å². The second kappa shape index (κ2) is 9.02. The van der Waals surface area contributed by atoms with Gasteiger partial charge in [-0.25, -0.2) is 4.98 Å². The topological polar surface area (TPSA) is 84.2 Å². The van der Waals surface area contributed by atoms with Crippen LogP contribution in [0.3, 0.4) is 0 Å². The highest BCUT2D eigenvalue weighted by Gasteiger charge is 2.25.